The van der Waals surface area contributed by atoms with E-state index < -0.39 is 0 Å². The molecular weight excluding hydrogens is 212 g/mol. The molecule has 3 atom stereocenters. The molecule has 2 fully saturated rings. The minimum atomic E-state index is 0.0547. The number of nitrogens with two attached hydrogens (primary N) is 1. The molecule has 0 aromatic heterocycles. The summed E-state index contributed by atoms with van der Waals surface area (Å²) in [6.45, 7) is 8.51. The van der Waals surface area contributed by atoms with Crippen LogP contribution in [0.1, 0.15) is 33.1 Å². The minimum Gasteiger partial charge on any atom is -0.383 e. The maximum absolute atomic E-state index is 6.10. The summed E-state index contributed by atoms with van der Waals surface area (Å²) < 4.78 is 5.47. The van der Waals surface area contributed by atoms with Crippen LogP contribution in [-0.4, -0.2) is 43.8 Å². The van der Waals surface area contributed by atoms with Gasteiger partial charge in [0.05, 0.1) is 12.1 Å². The molecule has 1 aliphatic carbocycles. The van der Waals surface area contributed by atoms with Crippen molar-refractivity contribution in [3.8, 4) is 0 Å². The Hall–Kier alpha value is -0.120. The van der Waals surface area contributed by atoms with E-state index in [9.17, 15) is 0 Å². The summed E-state index contributed by atoms with van der Waals surface area (Å²) in [5.74, 6) is 2.40. The Morgan fingerprint density at radius 3 is 2.29 bits per heavy atom. The van der Waals surface area contributed by atoms with Crippen molar-refractivity contribution < 1.29 is 4.74 Å². The maximum atomic E-state index is 6.10. The van der Waals surface area contributed by atoms with Crippen molar-refractivity contribution in [2.24, 2.45) is 23.5 Å². The lowest BCUT2D eigenvalue weighted by Gasteiger charge is -2.44. The molecule has 0 aromatic carbocycles. The van der Waals surface area contributed by atoms with Crippen molar-refractivity contribution in [1.82, 2.24) is 4.90 Å². The van der Waals surface area contributed by atoms with E-state index in [1.807, 2.05) is 0 Å². The van der Waals surface area contributed by atoms with E-state index >= 15 is 0 Å². The highest BCUT2D eigenvalue weighted by Gasteiger charge is 2.46. The first-order chi connectivity index (χ1) is 8.14. The van der Waals surface area contributed by atoms with E-state index in [4.69, 9.17) is 10.5 Å². The first-order valence-corrected chi connectivity index (χ1v) is 7.08. The number of ether oxygens (including phenoxy) is 1. The summed E-state index contributed by atoms with van der Waals surface area (Å²) >= 11 is 0. The van der Waals surface area contributed by atoms with Crippen LogP contribution in [0.5, 0.6) is 0 Å². The van der Waals surface area contributed by atoms with Gasteiger partial charge >= 0.3 is 0 Å². The number of nitrogens with zero attached hydrogens (tertiary/aromatic N) is 1. The molecule has 1 aliphatic heterocycles. The van der Waals surface area contributed by atoms with Gasteiger partial charge in [-0.25, -0.2) is 0 Å². The van der Waals surface area contributed by atoms with Crippen molar-refractivity contribution in [3.63, 3.8) is 0 Å². The molecule has 1 saturated heterocycles. The van der Waals surface area contributed by atoms with E-state index in [1.165, 1.54) is 32.4 Å². The van der Waals surface area contributed by atoms with Crippen LogP contribution in [-0.2, 0) is 4.74 Å². The molecule has 3 nitrogen and oxygen atoms in total. The summed E-state index contributed by atoms with van der Waals surface area (Å²) in [4.78, 5) is 2.63. The van der Waals surface area contributed by atoms with E-state index in [0.717, 1.165) is 18.4 Å². The Labute approximate surface area is 106 Å². The summed E-state index contributed by atoms with van der Waals surface area (Å²) in [6, 6.07) is 0. The molecule has 3 heteroatoms. The first-order valence-electron chi connectivity index (χ1n) is 7.08. The summed E-state index contributed by atoms with van der Waals surface area (Å²) in [6.07, 6.45) is 4.28. The molecule has 0 radical (unpaired) electrons. The van der Waals surface area contributed by atoms with E-state index in [2.05, 4.69) is 18.7 Å². The Kier molecular flexibility index (Phi) is 4.11. The van der Waals surface area contributed by atoms with E-state index in [1.54, 1.807) is 7.11 Å². The zero-order chi connectivity index (χ0) is 12.5. The fourth-order valence-corrected chi connectivity index (χ4v) is 3.90. The van der Waals surface area contributed by atoms with Crippen LogP contribution in [0.15, 0.2) is 0 Å². The summed E-state index contributed by atoms with van der Waals surface area (Å²) in [5, 5.41) is 0. The van der Waals surface area contributed by atoms with Crippen molar-refractivity contribution in [2.45, 2.75) is 38.6 Å². The minimum absolute atomic E-state index is 0.0547. The highest BCUT2D eigenvalue weighted by molar-refractivity contribution is 5.01. The van der Waals surface area contributed by atoms with E-state index in [0.29, 0.717) is 12.5 Å². The number of hydrogen-bond acceptors (Lipinski definition) is 3. The van der Waals surface area contributed by atoms with Crippen LogP contribution in [0.2, 0.25) is 0 Å². The molecule has 100 valence electrons. The van der Waals surface area contributed by atoms with Crippen molar-refractivity contribution >= 4 is 0 Å². The van der Waals surface area contributed by atoms with Crippen LogP contribution >= 0.6 is 0 Å². The number of fused-ring (bicyclic) bond motifs is 1. The van der Waals surface area contributed by atoms with E-state index in [-0.39, 0.29) is 5.54 Å². The van der Waals surface area contributed by atoms with Gasteiger partial charge < -0.3 is 10.5 Å². The lowest BCUT2D eigenvalue weighted by Crippen LogP contribution is -2.59. The zero-order valence-electron chi connectivity index (χ0n) is 11.6. The molecular formula is C14H28N2O. The Bertz CT molecular complexity index is 245. The molecule has 2 N–H and O–H groups in total. The second-order valence-electron chi connectivity index (χ2n) is 6.25. The number of hydrogen-bond donors (Lipinski definition) is 1. The van der Waals surface area contributed by atoms with Crippen LogP contribution in [0.25, 0.3) is 0 Å². The predicted molar refractivity (Wildman–Crippen MR) is 70.9 cm³/mol. The monoisotopic (exact) mass is 240 g/mol. The third kappa shape index (κ3) is 2.25. The molecule has 0 spiro atoms. The lowest BCUT2D eigenvalue weighted by molar-refractivity contribution is -0.00700. The number of methoxy groups -OCH3 is 1. The number of likely N-dealkylation sites (tertiary alicyclic amines) is 1. The standard InChI is InChI=1S/C14H28N2O/c1-11(2)14(9-15,10-17-3)16-7-12-5-4-6-13(12)8-16/h11-13H,4-10,15H2,1-3H3. The topological polar surface area (TPSA) is 38.5 Å². The quantitative estimate of drug-likeness (QED) is 0.795. The fraction of sp³-hybridized carbons (Fsp3) is 1.00. The van der Waals surface area contributed by atoms with Crippen LogP contribution < -0.4 is 5.73 Å². The lowest BCUT2D eigenvalue weighted by atomic mass is 9.85. The van der Waals surface area contributed by atoms with Gasteiger partial charge in [0.15, 0.2) is 0 Å². The Balaban J connectivity index is 2.11. The van der Waals surface area contributed by atoms with Gasteiger partial charge in [-0.2, -0.15) is 0 Å². The molecule has 1 heterocycles. The SMILES string of the molecule is COCC(CN)(C(C)C)N1CC2CCCC2C1. The fourth-order valence-electron chi connectivity index (χ4n) is 3.90. The van der Waals surface area contributed by atoms with Crippen LogP contribution in [0.3, 0.4) is 0 Å². The van der Waals surface area contributed by atoms with Gasteiger partial charge in [-0.15, -0.1) is 0 Å². The normalized spacial score (nSPS) is 33.0. The summed E-state index contributed by atoms with van der Waals surface area (Å²) in [7, 11) is 1.80. The summed E-state index contributed by atoms with van der Waals surface area (Å²) in [5.41, 5.74) is 6.16. The third-order valence-corrected chi connectivity index (χ3v) is 5.18. The molecule has 2 rings (SSSR count). The van der Waals surface area contributed by atoms with Gasteiger partial charge in [0.1, 0.15) is 0 Å². The van der Waals surface area contributed by atoms with Gasteiger partial charge in [-0.05, 0) is 30.6 Å². The second-order valence-corrected chi connectivity index (χ2v) is 6.25. The molecule has 17 heavy (non-hydrogen) atoms. The third-order valence-electron chi connectivity index (χ3n) is 5.18. The highest BCUT2D eigenvalue weighted by atomic mass is 16.5. The molecule has 0 bridgehead atoms. The zero-order valence-corrected chi connectivity index (χ0v) is 11.6. The molecule has 3 unspecified atom stereocenters. The number of rotatable bonds is 5. The molecule has 1 saturated carbocycles. The van der Waals surface area contributed by atoms with Gasteiger partial charge in [-0.1, -0.05) is 20.3 Å². The van der Waals surface area contributed by atoms with Crippen molar-refractivity contribution in [1.29, 1.82) is 0 Å². The Morgan fingerprint density at radius 2 is 1.88 bits per heavy atom. The van der Waals surface area contributed by atoms with Crippen molar-refractivity contribution in [2.75, 3.05) is 33.4 Å². The average Bonchev–Trinajstić information content (AvgIpc) is 2.85. The van der Waals surface area contributed by atoms with Crippen LogP contribution in [0, 0.1) is 17.8 Å². The Morgan fingerprint density at radius 1 is 1.29 bits per heavy atom. The van der Waals surface area contributed by atoms with Crippen molar-refractivity contribution in [3.05, 3.63) is 0 Å². The van der Waals surface area contributed by atoms with Gasteiger partial charge in [0.25, 0.3) is 0 Å². The van der Waals surface area contributed by atoms with Gasteiger partial charge in [0.2, 0.25) is 0 Å². The second kappa shape index (κ2) is 5.25. The smallest absolute Gasteiger partial charge is 0.0661 e. The molecule has 0 aromatic rings. The average molecular weight is 240 g/mol. The predicted octanol–water partition coefficient (Wildman–Crippen LogP) is 1.72. The van der Waals surface area contributed by atoms with Crippen LogP contribution in [0.4, 0.5) is 0 Å². The largest absolute Gasteiger partial charge is 0.383 e. The molecule has 0 amide bonds. The molecule has 2 aliphatic rings. The highest BCUT2D eigenvalue weighted by Crippen LogP contribution is 2.41. The first kappa shape index (κ1) is 13.3. The van der Waals surface area contributed by atoms with Gasteiger partial charge in [0, 0.05) is 26.7 Å². The maximum Gasteiger partial charge on any atom is 0.0661 e. The van der Waals surface area contributed by atoms with Gasteiger partial charge in [-0.3, -0.25) is 4.90 Å².